The first-order chi connectivity index (χ1) is 15.6. The number of nitrogen functional groups attached to an aromatic ring is 1. The number of imidazole rings is 1. The molecule has 0 saturated heterocycles. The van der Waals surface area contributed by atoms with Crippen molar-refractivity contribution < 1.29 is 9.50 Å². The van der Waals surface area contributed by atoms with Gasteiger partial charge in [0.25, 0.3) is 0 Å². The van der Waals surface area contributed by atoms with Gasteiger partial charge in [-0.1, -0.05) is 18.2 Å². The number of halogens is 1. The molecular weight excluding hydrogens is 407 g/mol. The maximum Gasteiger partial charge on any atom is 0.205 e. The summed E-state index contributed by atoms with van der Waals surface area (Å²) in [5, 5.41) is 10.5. The summed E-state index contributed by atoms with van der Waals surface area (Å²) in [6.07, 6.45) is 5.96. The highest BCUT2D eigenvalue weighted by atomic mass is 19.1. The summed E-state index contributed by atoms with van der Waals surface area (Å²) in [4.78, 5) is 17.9. The van der Waals surface area contributed by atoms with E-state index >= 15 is 4.39 Å². The van der Waals surface area contributed by atoms with E-state index in [0.717, 1.165) is 5.69 Å². The van der Waals surface area contributed by atoms with Crippen LogP contribution in [0.3, 0.4) is 0 Å². The molecular formula is C24H19FN6O. The molecule has 1 fully saturated rings. The Labute approximate surface area is 182 Å². The first-order valence-corrected chi connectivity index (χ1v) is 10.4. The van der Waals surface area contributed by atoms with Crippen molar-refractivity contribution in [2.24, 2.45) is 0 Å². The highest BCUT2D eigenvalue weighted by Gasteiger charge is 2.33. The second-order valence-corrected chi connectivity index (χ2v) is 8.08. The largest absolute Gasteiger partial charge is 0.393 e. The summed E-state index contributed by atoms with van der Waals surface area (Å²) >= 11 is 0. The van der Waals surface area contributed by atoms with Crippen molar-refractivity contribution in [2.45, 2.75) is 24.9 Å². The van der Waals surface area contributed by atoms with Gasteiger partial charge >= 0.3 is 0 Å². The number of aromatic nitrogens is 5. The van der Waals surface area contributed by atoms with Crippen molar-refractivity contribution in [3.63, 3.8) is 0 Å². The molecule has 1 saturated carbocycles. The van der Waals surface area contributed by atoms with Gasteiger partial charge in [-0.3, -0.25) is 14.4 Å². The minimum Gasteiger partial charge on any atom is -0.393 e. The van der Waals surface area contributed by atoms with Gasteiger partial charge in [-0.25, -0.2) is 14.4 Å². The molecule has 0 atom stereocenters. The Kier molecular flexibility index (Phi) is 4.16. The Morgan fingerprint density at radius 3 is 2.59 bits per heavy atom. The lowest BCUT2D eigenvalue weighted by molar-refractivity contribution is 0.0736. The first kappa shape index (κ1) is 18.8. The van der Waals surface area contributed by atoms with Crippen LogP contribution in [0.2, 0.25) is 0 Å². The van der Waals surface area contributed by atoms with Crippen molar-refractivity contribution in [2.75, 3.05) is 5.73 Å². The molecule has 4 heterocycles. The normalized spacial score (nSPS) is 18.2. The molecule has 3 N–H and O–H groups in total. The van der Waals surface area contributed by atoms with Crippen LogP contribution in [-0.4, -0.2) is 35.5 Å². The molecule has 1 aliphatic rings. The fraction of sp³-hybridized carbons (Fsp3) is 0.167. The van der Waals surface area contributed by atoms with Crippen molar-refractivity contribution in [1.82, 2.24) is 24.3 Å². The van der Waals surface area contributed by atoms with E-state index in [1.54, 1.807) is 29.1 Å². The van der Waals surface area contributed by atoms with E-state index in [-0.39, 0.29) is 23.5 Å². The second-order valence-electron chi connectivity index (χ2n) is 8.08. The van der Waals surface area contributed by atoms with Gasteiger partial charge in [0.2, 0.25) is 5.95 Å². The fourth-order valence-electron chi connectivity index (χ4n) is 4.38. The van der Waals surface area contributed by atoms with Crippen LogP contribution >= 0.6 is 0 Å². The summed E-state index contributed by atoms with van der Waals surface area (Å²) in [6, 6.07) is 12.7. The Balaban J connectivity index is 1.56. The summed E-state index contributed by atoms with van der Waals surface area (Å²) in [6.45, 7) is 0. The third-order valence-corrected chi connectivity index (χ3v) is 6.09. The lowest BCUT2D eigenvalue weighted by Gasteiger charge is -2.31. The number of nitrogens with zero attached hydrogens (tertiary/aromatic N) is 5. The summed E-state index contributed by atoms with van der Waals surface area (Å²) < 4.78 is 17.6. The average molecular weight is 426 g/mol. The van der Waals surface area contributed by atoms with E-state index in [9.17, 15) is 5.11 Å². The molecule has 6 rings (SSSR count). The molecule has 0 bridgehead atoms. The number of hydrogen-bond donors (Lipinski definition) is 2. The van der Waals surface area contributed by atoms with Crippen LogP contribution in [0.4, 0.5) is 10.3 Å². The van der Waals surface area contributed by atoms with E-state index < -0.39 is 5.82 Å². The zero-order valence-corrected chi connectivity index (χ0v) is 17.0. The Morgan fingerprint density at radius 2 is 1.81 bits per heavy atom. The van der Waals surface area contributed by atoms with Gasteiger partial charge in [0.05, 0.1) is 28.7 Å². The third-order valence-electron chi connectivity index (χ3n) is 6.09. The molecule has 158 valence electrons. The third kappa shape index (κ3) is 2.84. The predicted molar refractivity (Wildman–Crippen MR) is 119 cm³/mol. The van der Waals surface area contributed by atoms with E-state index in [1.807, 2.05) is 36.4 Å². The van der Waals surface area contributed by atoms with Gasteiger partial charge in [0.15, 0.2) is 5.82 Å². The Morgan fingerprint density at radius 1 is 0.969 bits per heavy atom. The van der Waals surface area contributed by atoms with E-state index in [0.29, 0.717) is 46.4 Å². The molecule has 1 aliphatic carbocycles. The molecule has 32 heavy (non-hydrogen) atoms. The molecule has 0 aliphatic heterocycles. The zero-order valence-electron chi connectivity index (χ0n) is 17.0. The number of fused-ring (bicyclic) bond motifs is 2. The first-order valence-electron chi connectivity index (χ1n) is 10.4. The number of rotatable bonds is 3. The maximum atomic E-state index is 15.8. The van der Waals surface area contributed by atoms with Crippen molar-refractivity contribution in [3.8, 4) is 22.6 Å². The number of benzene rings is 1. The molecule has 0 unspecified atom stereocenters. The summed E-state index contributed by atoms with van der Waals surface area (Å²) in [5.41, 5.74) is 9.85. The Bertz CT molecular complexity index is 1480. The quantitative estimate of drug-likeness (QED) is 0.453. The zero-order chi connectivity index (χ0) is 21.8. The van der Waals surface area contributed by atoms with Crippen LogP contribution in [-0.2, 0) is 0 Å². The van der Waals surface area contributed by atoms with Crippen LogP contribution < -0.4 is 5.73 Å². The lowest BCUT2D eigenvalue weighted by Crippen LogP contribution is -2.27. The SMILES string of the molecule is Nc1nc(-c2ccc3ccc(-c4ccccn4)nc3c2F)c2c(C3CC(O)C3)nccn12. The van der Waals surface area contributed by atoms with Gasteiger partial charge in [0.1, 0.15) is 11.2 Å². The van der Waals surface area contributed by atoms with E-state index in [1.165, 1.54) is 0 Å². The predicted octanol–water partition coefficient (Wildman–Crippen LogP) is 3.97. The molecule has 8 heteroatoms. The molecule has 0 spiro atoms. The number of anilines is 1. The van der Waals surface area contributed by atoms with Crippen LogP contribution in [0.1, 0.15) is 24.5 Å². The van der Waals surface area contributed by atoms with Crippen molar-refractivity contribution in [1.29, 1.82) is 0 Å². The highest BCUT2D eigenvalue weighted by Crippen LogP contribution is 2.41. The highest BCUT2D eigenvalue weighted by molar-refractivity contribution is 5.90. The van der Waals surface area contributed by atoms with Gasteiger partial charge < -0.3 is 10.8 Å². The number of hydrogen-bond acceptors (Lipinski definition) is 6. The van der Waals surface area contributed by atoms with Crippen LogP contribution in [0.25, 0.3) is 39.1 Å². The smallest absolute Gasteiger partial charge is 0.205 e. The molecule has 1 aromatic carbocycles. The number of nitrogens with two attached hydrogens (primary N) is 1. The van der Waals surface area contributed by atoms with Gasteiger partial charge in [-0.2, -0.15) is 0 Å². The molecule has 5 aromatic rings. The minimum atomic E-state index is -0.469. The topological polar surface area (TPSA) is 102 Å². The summed E-state index contributed by atoms with van der Waals surface area (Å²) in [7, 11) is 0. The van der Waals surface area contributed by atoms with Gasteiger partial charge in [-0.05, 0) is 37.1 Å². The van der Waals surface area contributed by atoms with Crippen LogP contribution in [0.15, 0.2) is 61.1 Å². The second kappa shape index (κ2) is 7.06. The van der Waals surface area contributed by atoms with Gasteiger partial charge in [0, 0.05) is 35.5 Å². The monoisotopic (exact) mass is 426 g/mol. The fourth-order valence-corrected chi connectivity index (χ4v) is 4.38. The van der Waals surface area contributed by atoms with Crippen LogP contribution in [0, 0.1) is 5.82 Å². The molecule has 7 nitrogen and oxygen atoms in total. The molecule has 4 aromatic heterocycles. The van der Waals surface area contributed by atoms with Gasteiger partial charge in [-0.15, -0.1) is 0 Å². The standard InChI is InChI=1S/C24H19FN6O/c25-19-16(6-4-13-5-7-18(29-20(13)19)17-3-1-2-8-27-17)22-23-21(14-11-15(32)12-14)28-9-10-31(23)24(26)30-22/h1-10,14-15,32H,11-12H2,(H2,26,30). The lowest BCUT2D eigenvalue weighted by atomic mass is 9.79. The summed E-state index contributed by atoms with van der Waals surface area (Å²) in [5.74, 6) is -0.127. The minimum absolute atomic E-state index is 0.0842. The molecule has 0 radical (unpaired) electrons. The van der Waals surface area contributed by atoms with Crippen molar-refractivity contribution >= 4 is 22.4 Å². The molecule has 0 amide bonds. The van der Waals surface area contributed by atoms with E-state index in [4.69, 9.17) is 5.73 Å². The van der Waals surface area contributed by atoms with E-state index in [2.05, 4.69) is 19.9 Å². The van der Waals surface area contributed by atoms with Crippen molar-refractivity contribution in [3.05, 3.63) is 72.6 Å². The Hall–Kier alpha value is -3.91. The maximum absolute atomic E-state index is 15.8. The number of aliphatic hydroxyl groups is 1. The van der Waals surface area contributed by atoms with Crippen LogP contribution in [0.5, 0.6) is 0 Å². The number of aliphatic hydroxyl groups excluding tert-OH is 1. The average Bonchev–Trinajstić information content (AvgIpc) is 3.14. The number of pyridine rings is 2.